The van der Waals surface area contributed by atoms with E-state index in [-0.39, 0.29) is 17.4 Å². The number of ether oxygens (including phenoxy) is 3. The van der Waals surface area contributed by atoms with Gasteiger partial charge in [-0.2, -0.15) is 0 Å². The summed E-state index contributed by atoms with van der Waals surface area (Å²) in [5, 5.41) is 12.0. The van der Waals surface area contributed by atoms with Crippen LogP contribution in [0.3, 0.4) is 0 Å². The molecule has 9 heteroatoms. The van der Waals surface area contributed by atoms with Crippen molar-refractivity contribution in [3.05, 3.63) is 82.4 Å². The molecule has 4 aromatic rings. The van der Waals surface area contributed by atoms with Gasteiger partial charge < -0.3 is 19.3 Å². The minimum atomic E-state index is -0.935. The zero-order valence-electron chi connectivity index (χ0n) is 23.3. The van der Waals surface area contributed by atoms with Crippen molar-refractivity contribution in [2.24, 2.45) is 0 Å². The van der Waals surface area contributed by atoms with E-state index in [1.165, 1.54) is 16.2 Å². The molecule has 0 aliphatic carbocycles. The van der Waals surface area contributed by atoms with E-state index in [4.69, 9.17) is 19.2 Å². The lowest BCUT2D eigenvalue weighted by atomic mass is 9.94. The van der Waals surface area contributed by atoms with Gasteiger partial charge in [-0.25, -0.2) is 4.98 Å². The number of amides is 1. The normalized spacial score (nSPS) is 19.5. The standard InChI is InChI=1S/C32H30N2O6S/c1-5-38-24-12-8-19(16-25(24)39-6-2)28-27(29(35)20-9-11-23-21(15-20)14-18(4)40-23)30(36)31(37)34(28)32-33-22-10-7-17(3)13-26(22)41-32/h7-13,15-16,18,28,35H,5-6,14H2,1-4H3/b29-27+. The van der Waals surface area contributed by atoms with Gasteiger partial charge in [0.25, 0.3) is 5.78 Å². The fraction of sp³-hybridized carbons (Fsp3) is 0.281. The number of carbonyl (C=O) groups excluding carboxylic acids is 2. The van der Waals surface area contributed by atoms with Crippen LogP contribution in [0, 0.1) is 6.92 Å². The maximum atomic E-state index is 13.7. The van der Waals surface area contributed by atoms with E-state index in [0.717, 1.165) is 27.1 Å². The number of carbonyl (C=O) groups is 2. The van der Waals surface area contributed by atoms with Crippen molar-refractivity contribution >= 4 is 44.1 Å². The van der Waals surface area contributed by atoms with E-state index in [9.17, 15) is 14.7 Å². The Morgan fingerprint density at radius 1 is 1.05 bits per heavy atom. The van der Waals surface area contributed by atoms with E-state index in [1.54, 1.807) is 30.3 Å². The van der Waals surface area contributed by atoms with Crippen LogP contribution in [0.15, 0.2) is 60.2 Å². The third-order valence-electron chi connectivity index (χ3n) is 7.24. The van der Waals surface area contributed by atoms with E-state index >= 15 is 0 Å². The third kappa shape index (κ3) is 4.70. The molecular weight excluding hydrogens is 540 g/mol. The molecule has 0 spiro atoms. The number of hydrogen-bond acceptors (Lipinski definition) is 8. The van der Waals surface area contributed by atoms with Crippen molar-refractivity contribution < 1.29 is 28.9 Å². The Kier molecular flexibility index (Phi) is 6.91. The van der Waals surface area contributed by atoms with E-state index < -0.39 is 17.7 Å². The highest BCUT2D eigenvalue weighted by Gasteiger charge is 2.48. The molecule has 1 aromatic heterocycles. The van der Waals surface area contributed by atoms with Gasteiger partial charge in [-0.3, -0.25) is 14.5 Å². The van der Waals surface area contributed by atoms with Crippen LogP contribution >= 0.6 is 11.3 Å². The topological polar surface area (TPSA) is 98.2 Å². The smallest absolute Gasteiger partial charge is 0.301 e. The van der Waals surface area contributed by atoms with Crippen molar-refractivity contribution in [3.63, 3.8) is 0 Å². The quantitative estimate of drug-likeness (QED) is 0.157. The highest BCUT2D eigenvalue weighted by atomic mass is 32.1. The predicted octanol–water partition coefficient (Wildman–Crippen LogP) is 6.35. The third-order valence-corrected chi connectivity index (χ3v) is 8.25. The second-order valence-electron chi connectivity index (χ2n) is 10.2. The zero-order chi connectivity index (χ0) is 28.8. The summed E-state index contributed by atoms with van der Waals surface area (Å²) in [6.45, 7) is 8.57. The molecule has 6 rings (SSSR count). The van der Waals surface area contributed by atoms with Gasteiger partial charge >= 0.3 is 5.91 Å². The lowest BCUT2D eigenvalue weighted by Gasteiger charge is -2.24. The fourth-order valence-electron chi connectivity index (χ4n) is 5.43. The number of nitrogens with zero attached hydrogens (tertiary/aromatic N) is 2. The highest BCUT2D eigenvalue weighted by Crippen LogP contribution is 2.46. The maximum Gasteiger partial charge on any atom is 0.301 e. The van der Waals surface area contributed by atoms with Crippen LogP contribution in [0.25, 0.3) is 16.0 Å². The van der Waals surface area contributed by atoms with Crippen LogP contribution in [-0.4, -0.2) is 41.1 Å². The summed E-state index contributed by atoms with van der Waals surface area (Å²) in [6, 6.07) is 15.6. The first-order valence-electron chi connectivity index (χ1n) is 13.7. The number of hydrogen-bond donors (Lipinski definition) is 1. The number of benzene rings is 3. The summed E-state index contributed by atoms with van der Waals surface area (Å²) in [7, 11) is 0. The largest absolute Gasteiger partial charge is 0.507 e. The molecule has 1 N–H and O–H groups in total. The Bertz CT molecular complexity index is 1720. The van der Waals surface area contributed by atoms with Gasteiger partial charge in [0.15, 0.2) is 16.6 Å². The molecule has 0 bridgehead atoms. The van der Waals surface area contributed by atoms with Gasteiger partial charge in [0, 0.05) is 12.0 Å². The summed E-state index contributed by atoms with van der Waals surface area (Å²) in [6.07, 6.45) is 0.715. The maximum absolute atomic E-state index is 13.7. The molecule has 8 nitrogen and oxygen atoms in total. The number of thiazole rings is 1. The Morgan fingerprint density at radius 2 is 1.83 bits per heavy atom. The first-order valence-corrected chi connectivity index (χ1v) is 14.5. The van der Waals surface area contributed by atoms with Gasteiger partial charge in [-0.05, 0) is 86.8 Å². The number of rotatable bonds is 7. The minimum absolute atomic E-state index is 0.0102. The van der Waals surface area contributed by atoms with Gasteiger partial charge in [0.05, 0.1) is 35.0 Å². The summed E-state index contributed by atoms with van der Waals surface area (Å²) in [4.78, 5) is 33.5. The summed E-state index contributed by atoms with van der Waals surface area (Å²) >= 11 is 1.33. The van der Waals surface area contributed by atoms with Crippen LogP contribution < -0.4 is 19.1 Å². The molecule has 3 heterocycles. The fourth-order valence-corrected chi connectivity index (χ4v) is 6.52. The number of aromatic nitrogens is 1. The van der Waals surface area contributed by atoms with Gasteiger partial charge in [-0.15, -0.1) is 0 Å². The van der Waals surface area contributed by atoms with Gasteiger partial charge in [0.2, 0.25) is 0 Å². The molecule has 1 amide bonds. The lowest BCUT2D eigenvalue weighted by molar-refractivity contribution is -0.132. The predicted molar refractivity (Wildman–Crippen MR) is 158 cm³/mol. The molecule has 1 saturated heterocycles. The summed E-state index contributed by atoms with van der Waals surface area (Å²) in [5.41, 5.74) is 3.75. The van der Waals surface area contributed by atoms with Crippen LogP contribution in [0.1, 0.15) is 49.1 Å². The molecule has 210 valence electrons. The van der Waals surface area contributed by atoms with E-state index in [2.05, 4.69) is 0 Å². The molecule has 41 heavy (non-hydrogen) atoms. The number of aliphatic hydroxyl groups is 1. The number of aryl methyl sites for hydroxylation is 1. The van der Waals surface area contributed by atoms with Crippen molar-refractivity contribution in [3.8, 4) is 17.2 Å². The molecule has 2 aliphatic rings. The van der Waals surface area contributed by atoms with Crippen LogP contribution in [0.5, 0.6) is 17.2 Å². The van der Waals surface area contributed by atoms with Gasteiger partial charge in [-0.1, -0.05) is 23.5 Å². The van der Waals surface area contributed by atoms with Gasteiger partial charge in [0.1, 0.15) is 17.6 Å². The molecule has 2 atom stereocenters. The van der Waals surface area contributed by atoms with Crippen molar-refractivity contribution in [2.45, 2.75) is 46.3 Å². The summed E-state index contributed by atoms with van der Waals surface area (Å²) in [5.74, 6) is 0.0159. The average Bonchev–Trinajstić information content (AvgIpc) is 3.61. The molecule has 2 unspecified atom stereocenters. The van der Waals surface area contributed by atoms with Crippen LogP contribution in [0.4, 0.5) is 5.13 Å². The first kappa shape index (κ1) is 26.8. The Labute approximate surface area is 241 Å². The number of Topliss-reactive ketones (excluding diaryl/α,β-unsaturated/α-hetero) is 1. The van der Waals surface area contributed by atoms with Crippen molar-refractivity contribution in [1.29, 1.82) is 0 Å². The molecular formula is C32H30N2O6S. The van der Waals surface area contributed by atoms with E-state index in [0.29, 0.717) is 47.4 Å². The number of ketones is 1. The van der Waals surface area contributed by atoms with Crippen molar-refractivity contribution in [1.82, 2.24) is 4.98 Å². The van der Waals surface area contributed by atoms with Crippen molar-refractivity contribution in [2.75, 3.05) is 18.1 Å². The Hall–Kier alpha value is -4.37. The molecule has 2 aliphatic heterocycles. The SMILES string of the molecule is CCOc1ccc(C2/C(=C(\O)c3ccc4c(c3)CC(C)O4)C(=O)C(=O)N2c2nc3ccc(C)cc3s2)cc1OCC. The Balaban J connectivity index is 1.55. The number of anilines is 1. The molecule has 1 fully saturated rings. The second-order valence-corrected chi connectivity index (χ2v) is 11.2. The zero-order valence-corrected chi connectivity index (χ0v) is 24.1. The Morgan fingerprint density at radius 3 is 2.61 bits per heavy atom. The number of fused-ring (bicyclic) bond motifs is 2. The lowest BCUT2D eigenvalue weighted by Crippen LogP contribution is -2.29. The van der Waals surface area contributed by atoms with Crippen LogP contribution in [0.2, 0.25) is 0 Å². The second kappa shape index (κ2) is 10.6. The minimum Gasteiger partial charge on any atom is -0.507 e. The number of aliphatic hydroxyl groups excluding tert-OH is 1. The monoisotopic (exact) mass is 570 g/mol. The molecule has 0 radical (unpaired) electrons. The average molecular weight is 571 g/mol. The highest BCUT2D eigenvalue weighted by molar-refractivity contribution is 7.22. The molecule has 3 aromatic carbocycles. The van der Waals surface area contributed by atoms with Crippen LogP contribution in [-0.2, 0) is 16.0 Å². The molecule has 0 saturated carbocycles. The summed E-state index contributed by atoms with van der Waals surface area (Å²) < 4.78 is 18.3. The first-order chi connectivity index (χ1) is 19.8. The van der Waals surface area contributed by atoms with E-state index in [1.807, 2.05) is 52.0 Å².